The number of esters is 1. The van der Waals surface area contributed by atoms with E-state index in [0.717, 1.165) is 51.4 Å². The molecule has 1 N–H and O–H groups in total. The molecule has 0 saturated carbocycles. The molecule has 0 aromatic rings. The minimum Gasteiger partial charge on any atom is -0.460 e. The molecule has 1 unspecified atom stereocenters. The molecule has 0 fully saturated rings. The van der Waals surface area contributed by atoms with E-state index in [0.29, 0.717) is 12.8 Å². The Bertz CT molecular complexity index is 431. The fourth-order valence-corrected chi connectivity index (χ4v) is 2.41. The topological polar surface area (TPSA) is 46.5 Å². The van der Waals surface area contributed by atoms with Gasteiger partial charge in [0.2, 0.25) is 0 Å². The van der Waals surface area contributed by atoms with Crippen LogP contribution in [0.25, 0.3) is 0 Å². The molecule has 0 aromatic heterocycles. The van der Waals surface area contributed by atoms with E-state index in [1.807, 2.05) is 20.8 Å². The molecule has 0 aliphatic heterocycles. The average Bonchev–Trinajstić information content (AvgIpc) is 2.44. The van der Waals surface area contributed by atoms with Gasteiger partial charge in [-0.1, -0.05) is 44.4 Å². The number of hydrogen-bond donors (Lipinski definition) is 1. The number of halogens is 3. The summed E-state index contributed by atoms with van der Waals surface area (Å²) in [5, 5.41) is 9.46. The van der Waals surface area contributed by atoms with Gasteiger partial charge in [0, 0.05) is 22.4 Å². The molecule has 146 valence electrons. The highest BCUT2D eigenvalue weighted by Gasteiger charge is 2.19. The third kappa shape index (κ3) is 19.5. The van der Waals surface area contributed by atoms with Crippen LogP contribution in [0.1, 0.15) is 85.0 Å². The van der Waals surface area contributed by atoms with Gasteiger partial charge in [-0.15, -0.1) is 0 Å². The number of alkyl halides is 3. The minimum atomic E-state index is -3.22. The molecule has 6 heteroatoms. The standard InChI is InChI=1S/C19H31BrF2O3/c1-18(2,3)25-17(24)13-11-9-7-5-4-6-8-10-12-16(23)14-15-19(20,21)22/h16,23H,4-13H2,1-3H3. The van der Waals surface area contributed by atoms with Crippen molar-refractivity contribution in [1.82, 2.24) is 0 Å². The summed E-state index contributed by atoms with van der Waals surface area (Å²) in [4.78, 5) is 8.30. The van der Waals surface area contributed by atoms with Crippen molar-refractivity contribution in [2.75, 3.05) is 0 Å². The van der Waals surface area contributed by atoms with Crippen LogP contribution in [0.4, 0.5) is 8.78 Å². The smallest absolute Gasteiger partial charge is 0.363 e. The maximum atomic E-state index is 12.4. The zero-order valence-electron chi connectivity index (χ0n) is 15.5. The first-order valence-corrected chi connectivity index (χ1v) is 9.78. The van der Waals surface area contributed by atoms with Gasteiger partial charge in [-0.3, -0.25) is 4.79 Å². The highest BCUT2D eigenvalue weighted by molar-refractivity contribution is 9.10. The van der Waals surface area contributed by atoms with Crippen LogP contribution in [0.15, 0.2) is 0 Å². The number of rotatable bonds is 11. The largest absolute Gasteiger partial charge is 0.460 e. The number of hydrogen-bond acceptors (Lipinski definition) is 3. The Hall–Kier alpha value is -0.670. The molecule has 0 spiro atoms. The van der Waals surface area contributed by atoms with Gasteiger partial charge in [-0.25, -0.2) is 0 Å². The van der Waals surface area contributed by atoms with Gasteiger partial charge in [-0.05, 0) is 46.0 Å². The van der Waals surface area contributed by atoms with Crippen molar-refractivity contribution in [2.45, 2.75) is 102 Å². The monoisotopic (exact) mass is 424 g/mol. The summed E-state index contributed by atoms with van der Waals surface area (Å²) in [6.45, 7) is 5.61. The molecule has 0 rings (SSSR count). The SMILES string of the molecule is CC(C)(C)OC(=O)CCCCCCCCCCC(O)C#CC(F)(F)Br. The molecule has 25 heavy (non-hydrogen) atoms. The average molecular weight is 425 g/mol. The van der Waals surface area contributed by atoms with Gasteiger partial charge >= 0.3 is 10.8 Å². The summed E-state index contributed by atoms with van der Waals surface area (Å²) in [5.74, 6) is 3.68. The first-order chi connectivity index (χ1) is 11.5. The number of aliphatic hydroxyl groups is 1. The first-order valence-electron chi connectivity index (χ1n) is 8.99. The summed E-state index contributed by atoms with van der Waals surface area (Å²) < 4.78 is 30.1. The Balaban J connectivity index is 3.45. The quantitative estimate of drug-likeness (QED) is 0.203. The minimum absolute atomic E-state index is 0.133. The van der Waals surface area contributed by atoms with Gasteiger partial charge in [0.25, 0.3) is 0 Å². The van der Waals surface area contributed by atoms with Crippen LogP contribution in [-0.2, 0) is 9.53 Å². The lowest BCUT2D eigenvalue weighted by molar-refractivity contribution is -0.154. The normalized spacial score (nSPS) is 13.1. The second kappa shape index (κ2) is 12.6. The van der Waals surface area contributed by atoms with E-state index in [9.17, 15) is 18.7 Å². The number of carbonyl (C=O) groups is 1. The Kier molecular flexibility index (Phi) is 12.3. The molecule has 3 nitrogen and oxygen atoms in total. The molecular formula is C19H31BrF2O3. The lowest BCUT2D eigenvalue weighted by Crippen LogP contribution is -2.23. The van der Waals surface area contributed by atoms with Crippen LogP contribution in [0.2, 0.25) is 0 Å². The fourth-order valence-electron chi connectivity index (χ4n) is 2.30. The van der Waals surface area contributed by atoms with Crippen LogP contribution < -0.4 is 0 Å². The molecule has 0 aliphatic carbocycles. The number of unbranched alkanes of at least 4 members (excludes halogenated alkanes) is 7. The molecule has 0 radical (unpaired) electrons. The highest BCUT2D eigenvalue weighted by Crippen LogP contribution is 2.19. The van der Waals surface area contributed by atoms with E-state index >= 15 is 0 Å². The maximum absolute atomic E-state index is 12.4. The van der Waals surface area contributed by atoms with Crippen molar-refractivity contribution in [1.29, 1.82) is 0 Å². The molecule has 1 atom stereocenters. The first kappa shape index (κ1) is 24.3. The zero-order valence-corrected chi connectivity index (χ0v) is 17.1. The van der Waals surface area contributed by atoms with Gasteiger partial charge < -0.3 is 9.84 Å². The van der Waals surface area contributed by atoms with Crippen molar-refractivity contribution in [2.24, 2.45) is 0 Å². The zero-order chi connectivity index (χ0) is 19.3. The maximum Gasteiger partial charge on any atom is 0.363 e. The predicted octanol–water partition coefficient (Wildman–Crippen LogP) is 5.58. The van der Waals surface area contributed by atoms with Crippen molar-refractivity contribution in [3.8, 4) is 11.8 Å². The summed E-state index contributed by atoms with van der Waals surface area (Å²) >= 11 is 2.11. The summed E-state index contributed by atoms with van der Waals surface area (Å²) in [7, 11) is 0. The van der Waals surface area contributed by atoms with E-state index in [1.165, 1.54) is 0 Å². The van der Waals surface area contributed by atoms with Crippen LogP contribution in [0.5, 0.6) is 0 Å². The van der Waals surface area contributed by atoms with Crippen molar-refractivity contribution < 1.29 is 23.4 Å². The third-order valence-corrected chi connectivity index (χ3v) is 3.61. The lowest BCUT2D eigenvalue weighted by atomic mass is 10.0. The molecule has 0 aliphatic rings. The number of aliphatic hydroxyl groups excluding tert-OH is 1. The van der Waals surface area contributed by atoms with Crippen LogP contribution in [-0.4, -0.2) is 27.6 Å². The van der Waals surface area contributed by atoms with Crippen LogP contribution in [0, 0.1) is 11.8 Å². The van der Waals surface area contributed by atoms with E-state index in [-0.39, 0.29) is 5.97 Å². The lowest BCUT2D eigenvalue weighted by Gasteiger charge is -2.19. The Morgan fingerprint density at radius 3 is 2.00 bits per heavy atom. The Morgan fingerprint density at radius 1 is 1.04 bits per heavy atom. The second-order valence-electron chi connectivity index (χ2n) is 7.24. The molecule has 0 saturated heterocycles. The molecule has 0 bridgehead atoms. The van der Waals surface area contributed by atoms with Crippen LogP contribution >= 0.6 is 15.9 Å². The summed E-state index contributed by atoms with van der Waals surface area (Å²) in [6, 6.07) is 0. The predicted molar refractivity (Wildman–Crippen MR) is 99.7 cm³/mol. The van der Waals surface area contributed by atoms with Crippen molar-refractivity contribution >= 4 is 21.9 Å². The van der Waals surface area contributed by atoms with Gasteiger partial charge in [0.15, 0.2) is 0 Å². The van der Waals surface area contributed by atoms with E-state index in [2.05, 4.69) is 21.9 Å². The second-order valence-corrected chi connectivity index (χ2v) is 8.23. The van der Waals surface area contributed by atoms with E-state index < -0.39 is 16.5 Å². The highest BCUT2D eigenvalue weighted by atomic mass is 79.9. The Morgan fingerprint density at radius 2 is 1.52 bits per heavy atom. The van der Waals surface area contributed by atoms with Crippen molar-refractivity contribution in [3.05, 3.63) is 0 Å². The molecular weight excluding hydrogens is 394 g/mol. The molecule has 0 amide bonds. The van der Waals surface area contributed by atoms with Gasteiger partial charge in [0.05, 0.1) is 0 Å². The number of ether oxygens (including phenoxy) is 1. The van der Waals surface area contributed by atoms with Crippen molar-refractivity contribution in [3.63, 3.8) is 0 Å². The van der Waals surface area contributed by atoms with Crippen LogP contribution in [0.3, 0.4) is 0 Å². The molecule has 0 aromatic carbocycles. The van der Waals surface area contributed by atoms with Gasteiger partial charge in [0.1, 0.15) is 11.7 Å². The number of carbonyl (C=O) groups excluding carboxylic acids is 1. The molecule has 0 heterocycles. The van der Waals surface area contributed by atoms with E-state index in [4.69, 9.17) is 4.74 Å². The van der Waals surface area contributed by atoms with Gasteiger partial charge in [-0.2, -0.15) is 8.78 Å². The summed E-state index contributed by atoms with van der Waals surface area (Å²) in [6.07, 6.45) is 7.90. The van der Waals surface area contributed by atoms with E-state index in [1.54, 1.807) is 5.92 Å². The summed E-state index contributed by atoms with van der Waals surface area (Å²) in [5.41, 5.74) is -0.411. The third-order valence-electron chi connectivity index (χ3n) is 3.41. The Labute approximate surface area is 159 Å². The fraction of sp³-hybridized carbons (Fsp3) is 0.842.